The van der Waals surface area contributed by atoms with Crippen molar-refractivity contribution in [3.05, 3.63) is 24.3 Å². The van der Waals surface area contributed by atoms with Gasteiger partial charge in [-0.25, -0.2) is 10.4 Å². The maximum Gasteiger partial charge on any atom is 0.167 e. The second-order valence-electron chi connectivity index (χ2n) is 6.49. The van der Waals surface area contributed by atoms with Crippen LogP contribution >= 0.6 is 0 Å². The summed E-state index contributed by atoms with van der Waals surface area (Å²) in [5, 5.41) is 3.89. The molecule has 0 atom stereocenters. The molecule has 0 unspecified atom stereocenters. The molecule has 0 spiro atoms. The van der Waals surface area contributed by atoms with E-state index in [1.165, 1.54) is 6.04 Å². The molecule has 2 N–H and O–H groups in total. The fourth-order valence-electron chi connectivity index (χ4n) is 1.93. The van der Waals surface area contributed by atoms with Crippen LogP contribution < -0.4 is 10.9 Å². The third kappa shape index (κ3) is 6.21. The molecule has 1 rings (SSSR count). The third-order valence-electron chi connectivity index (χ3n) is 3.25. The van der Waals surface area contributed by atoms with Crippen LogP contribution in [0.25, 0.3) is 0 Å². The Bertz CT molecular complexity index is 417. The molecule has 126 valence electrons. The topological polar surface area (TPSA) is 52.1 Å². The Morgan fingerprint density at radius 1 is 1.50 bits per heavy atom. The van der Waals surface area contributed by atoms with Crippen molar-refractivity contribution in [1.82, 2.24) is 20.9 Å². The first kappa shape index (κ1) is 18.7. The molecule has 1 heterocycles. The van der Waals surface area contributed by atoms with E-state index in [0.717, 1.165) is 24.5 Å². The van der Waals surface area contributed by atoms with Gasteiger partial charge in [-0.2, -0.15) is 0 Å². The molecule has 0 aliphatic carbocycles. The summed E-state index contributed by atoms with van der Waals surface area (Å²) < 4.78 is 5.82. The van der Waals surface area contributed by atoms with E-state index < -0.39 is 8.07 Å². The monoisotopic (exact) mass is 325 g/mol. The number of hydrogen-bond acceptors (Lipinski definition) is 6. The minimum atomic E-state index is -1.05. The molecule has 0 aromatic rings. The van der Waals surface area contributed by atoms with Gasteiger partial charge in [0.05, 0.1) is 12.2 Å². The Hall–Kier alpha value is -1.31. The Morgan fingerprint density at radius 2 is 2.23 bits per heavy atom. The largest absolute Gasteiger partial charge is 0.360 e. The van der Waals surface area contributed by atoms with Gasteiger partial charge in [-0.1, -0.05) is 33.1 Å². The zero-order valence-electron chi connectivity index (χ0n) is 14.6. The van der Waals surface area contributed by atoms with Crippen LogP contribution in [0.5, 0.6) is 0 Å². The molecule has 1 aliphatic rings. The highest BCUT2D eigenvalue weighted by atomic mass is 28.3. The number of hydrogen-bond donors (Lipinski definition) is 2. The molecule has 6 nitrogen and oxygen atoms in total. The normalized spacial score (nSPS) is 15.8. The molecule has 7 heteroatoms. The van der Waals surface area contributed by atoms with Gasteiger partial charge >= 0.3 is 0 Å². The van der Waals surface area contributed by atoms with E-state index in [4.69, 9.17) is 4.74 Å². The number of nitrogens with zero attached hydrogens (tertiary/aromatic N) is 3. The summed E-state index contributed by atoms with van der Waals surface area (Å²) >= 11 is 0. The van der Waals surface area contributed by atoms with E-state index >= 15 is 0 Å². The number of rotatable bonds is 10. The van der Waals surface area contributed by atoms with Gasteiger partial charge in [-0.3, -0.25) is 10.0 Å². The van der Waals surface area contributed by atoms with Gasteiger partial charge in [0.2, 0.25) is 0 Å². The molecular weight excluding hydrogens is 294 g/mol. The van der Waals surface area contributed by atoms with E-state index in [0.29, 0.717) is 13.3 Å². The molecule has 0 fully saturated rings. The van der Waals surface area contributed by atoms with Crippen molar-refractivity contribution in [2.45, 2.75) is 39.0 Å². The highest BCUT2D eigenvalue weighted by Crippen LogP contribution is 2.18. The molecule has 0 aromatic carbocycles. The fourth-order valence-corrected chi connectivity index (χ4v) is 2.68. The molecule has 0 bridgehead atoms. The SMILES string of the molecule is C=CNN(C)C1=C(/N=C\CC)N(COCC[Si](C)(C)C)NC1. The van der Waals surface area contributed by atoms with Gasteiger partial charge in [-0.15, -0.1) is 0 Å². The van der Waals surface area contributed by atoms with Gasteiger partial charge in [-0.05, 0) is 12.5 Å². The summed E-state index contributed by atoms with van der Waals surface area (Å²) in [5.41, 5.74) is 7.45. The maximum absolute atomic E-state index is 5.82. The number of likely N-dealkylation sites (N-methyl/N-ethyl adjacent to an activating group) is 1. The van der Waals surface area contributed by atoms with Crippen molar-refractivity contribution < 1.29 is 4.74 Å². The first-order chi connectivity index (χ1) is 10.4. The minimum Gasteiger partial charge on any atom is -0.360 e. The van der Waals surface area contributed by atoms with Crippen LogP contribution in [0.2, 0.25) is 25.7 Å². The smallest absolute Gasteiger partial charge is 0.167 e. The van der Waals surface area contributed by atoms with Gasteiger partial charge in [0.1, 0.15) is 6.73 Å². The Balaban J connectivity index is 2.65. The Kier molecular flexibility index (Phi) is 7.64. The second kappa shape index (κ2) is 8.97. The number of aliphatic imine (C=N–C) groups is 1. The van der Waals surface area contributed by atoms with Crippen molar-refractivity contribution in [3.8, 4) is 0 Å². The van der Waals surface area contributed by atoms with Crippen molar-refractivity contribution in [1.29, 1.82) is 0 Å². The lowest BCUT2D eigenvalue weighted by atomic mass is 10.4. The summed E-state index contributed by atoms with van der Waals surface area (Å²) in [4.78, 5) is 4.57. The lowest BCUT2D eigenvalue weighted by Gasteiger charge is -2.22. The van der Waals surface area contributed by atoms with Crippen molar-refractivity contribution in [3.63, 3.8) is 0 Å². The van der Waals surface area contributed by atoms with Crippen LogP contribution in [0.15, 0.2) is 29.3 Å². The van der Waals surface area contributed by atoms with Crippen LogP contribution in [-0.2, 0) is 4.74 Å². The van der Waals surface area contributed by atoms with Crippen LogP contribution in [-0.4, -0.2) is 51.2 Å². The lowest BCUT2D eigenvalue weighted by molar-refractivity contribution is 0.0354. The maximum atomic E-state index is 5.82. The molecule has 0 saturated carbocycles. The third-order valence-corrected chi connectivity index (χ3v) is 4.96. The van der Waals surface area contributed by atoms with Crippen molar-refractivity contribution >= 4 is 14.3 Å². The van der Waals surface area contributed by atoms with E-state index in [1.807, 2.05) is 23.3 Å². The van der Waals surface area contributed by atoms with Gasteiger partial charge in [0.15, 0.2) is 5.82 Å². The standard InChI is InChI=1S/C15H31N5OSi/c1-7-9-16-15-14(19(3)17-8-2)12-18-20(15)13-21-10-11-22(4,5)6/h8-9,17-18H,2,7,10-13H2,1,3-6H3/b16-9-. The quantitative estimate of drug-likeness (QED) is 0.279. The zero-order valence-corrected chi connectivity index (χ0v) is 15.6. The van der Waals surface area contributed by atoms with E-state index in [9.17, 15) is 0 Å². The predicted molar refractivity (Wildman–Crippen MR) is 95.7 cm³/mol. The zero-order chi connectivity index (χ0) is 16.6. The highest BCUT2D eigenvalue weighted by Gasteiger charge is 2.24. The fraction of sp³-hybridized carbons (Fsp3) is 0.667. The van der Waals surface area contributed by atoms with Crippen LogP contribution in [0.1, 0.15) is 13.3 Å². The first-order valence-corrected chi connectivity index (χ1v) is 11.5. The lowest BCUT2D eigenvalue weighted by Crippen LogP contribution is -2.34. The highest BCUT2D eigenvalue weighted by molar-refractivity contribution is 6.76. The second-order valence-corrected chi connectivity index (χ2v) is 12.1. The van der Waals surface area contributed by atoms with Crippen LogP contribution in [0.4, 0.5) is 0 Å². The van der Waals surface area contributed by atoms with Gasteiger partial charge in [0.25, 0.3) is 0 Å². The summed E-state index contributed by atoms with van der Waals surface area (Å²) in [6, 6.07) is 1.17. The minimum absolute atomic E-state index is 0.506. The van der Waals surface area contributed by atoms with Crippen LogP contribution in [0.3, 0.4) is 0 Å². The molecule has 0 saturated heterocycles. The number of nitrogens with one attached hydrogen (secondary N) is 2. The molecule has 0 radical (unpaired) electrons. The Morgan fingerprint density at radius 3 is 2.82 bits per heavy atom. The summed E-state index contributed by atoms with van der Waals surface area (Å²) in [6.07, 6.45) is 4.47. The van der Waals surface area contributed by atoms with Gasteiger partial charge in [0, 0.05) is 34.1 Å². The molecule has 1 aliphatic heterocycles. The molecule has 22 heavy (non-hydrogen) atoms. The van der Waals surface area contributed by atoms with Crippen molar-refractivity contribution in [2.24, 2.45) is 4.99 Å². The molecule has 0 aromatic heterocycles. The van der Waals surface area contributed by atoms with Crippen LogP contribution in [0, 0.1) is 0 Å². The summed E-state index contributed by atoms with van der Waals surface area (Å²) in [6.45, 7) is 14.9. The van der Waals surface area contributed by atoms with Gasteiger partial charge < -0.3 is 10.2 Å². The number of hydrazine groups is 2. The van der Waals surface area contributed by atoms with E-state index in [-0.39, 0.29) is 0 Å². The van der Waals surface area contributed by atoms with Crippen molar-refractivity contribution in [2.75, 3.05) is 26.9 Å². The van der Waals surface area contributed by atoms with E-state index in [2.05, 4.69) is 49.0 Å². The summed E-state index contributed by atoms with van der Waals surface area (Å²) in [7, 11) is 0.905. The Labute approximate surface area is 135 Å². The van der Waals surface area contributed by atoms with E-state index in [1.54, 1.807) is 6.20 Å². The summed E-state index contributed by atoms with van der Waals surface area (Å²) in [5.74, 6) is 0.895. The molecular formula is C15H31N5OSi. The first-order valence-electron chi connectivity index (χ1n) is 7.84. The average molecular weight is 326 g/mol. The molecule has 0 amide bonds. The number of ether oxygens (including phenoxy) is 1. The predicted octanol–water partition coefficient (Wildman–Crippen LogP) is 2.35. The average Bonchev–Trinajstić information content (AvgIpc) is 2.83.